The first-order chi connectivity index (χ1) is 14.4. The van der Waals surface area contributed by atoms with Crippen LogP contribution in [0.5, 0.6) is 0 Å². The summed E-state index contributed by atoms with van der Waals surface area (Å²) in [5, 5.41) is 7.49. The van der Waals surface area contributed by atoms with E-state index in [9.17, 15) is 4.79 Å². The van der Waals surface area contributed by atoms with Gasteiger partial charge in [-0.2, -0.15) is 0 Å². The van der Waals surface area contributed by atoms with Crippen LogP contribution in [0.25, 0.3) is 0 Å². The number of carbonyl (C=O) groups excluding carboxylic acids is 1. The summed E-state index contributed by atoms with van der Waals surface area (Å²) in [4.78, 5) is 23.6. The molecule has 0 radical (unpaired) electrons. The van der Waals surface area contributed by atoms with Crippen LogP contribution in [0.3, 0.4) is 0 Å². The average Bonchev–Trinajstić information content (AvgIpc) is 3.21. The number of nitrogens with one attached hydrogen (secondary N) is 1. The molecule has 1 atom stereocenters. The van der Waals surface area contributed by atoms with Crippen molar-refractivity contribution in [2.45, 2.75) is 58.2 Å². The molecule has 10 heteroatoms. The van der Waals surface area contributed by atoms with Gasteiger partial charge in [-0.3, -0.25) is 9.89 Å². The molecule has 0 aliphatic carbocycles. The molecule has 0 saturated carbocycles. The minimum absolute atomic E-state index is 0. The summed E-state index contributed by atoms with van der Waals surface area (Å²) in [5.74, 6) is 0.894. The number of carbonyl (C=O) groups is 1. The van der Waals surface area contributed by atoms with E-state index in [1.54, 1.807) is 6.26 Å². The summed E-state index contributed by atoms with van der Waals surface area (Å²) in [6.45, 7) is 11.7. The lowest BCUT2D eigenvalue weighted by molar-refractivity contribution is 0.0103. The maximum atomic E-state index is 12.6. The van der Waals surface area contributed by atoms with Gasteiger partial charge in [-0.1, -0.05) is 5.16 Å². The second-order valence-corrected chi connectivity index (χ2v) is 9.01. The third kappa shape index (κ3) is 7.81. The highest BCUT2D eigenvalue weighted by atomic mass is 127. The minimum atomic E-state index is -0.478. The molecule has 1 amide bonds. The van der Waals surface area contributed by atoms with Gasteiger partial charge in [-0.25, -0.2) is 4.79 Å². The number of hydrogen-bond donors (Lipinski definition) is 1. The highest BCUT2D eigenvalue weighted by molar-refractivity contribution is 14.0. The molecule has 1 aromatic rings. The monoisotopic (exact) mass is 548 g/mol. The van der Waals surface area contributed by atoms with Crippen molar-refractivity contribution >= 4 is 36.0 Å². The molecule has 31 heavy (non-hydrogen) atoms. The van der Waals surface area contributed by atoms with Gasteiger partial charge in [-0.15, -0.1) is 24.0 Å². The summed E-state index contributed by atoms with van der Waals surface area (Å²) in [5.41, 5.74) is 0.485. The fourth-order valence-electron chi connectivity index (χ4n) is 3.98. The Morgan fingerprint density at radius 2 is 2.00 bits per heavy atom. The van der Waals surface area contributed by atoms with Crippen molar-refractivity contribution in [2.75, 3.05) is 46.3 Å². The van der Waals surface area contributed by atoms with E-state index in [1.165, 1.54) is 0 Å². The Balaban J connectivity index is 0.00000341. The maximum absolute atomic E-state index is 12.6. The third-order valence-corrected chi connectivity index (χ3v) is 5.51. The van der Waals surface area contributed by atoms with E-state index < -0.39 is 5.60 Å². The van der Waals surface area contributed by atoms with Crippen molar-refractivity contribution in [2.24, 2.45) is 4.99 Å². The number of ether oxygens (including phenoxy) is 1. The quantitative estimate of drug-likeness (QED) is 0.352. The van der Waals surface area contributed by atoms with Crippen molar-refractivity contribution in [3.05, 3.63) is 18.0 Å². The molecule has 2 fully saturated rings. The van der Waals surface area contributed by atoms with Crippen molar-refractivity contribution < 1.29 is 14.1 Å². The fourth-order valence-corrected chi connectivity index (χ4v) is 3.98. The average molecular weight is 548 g/mol. The Labute approximate surface area is 202 Å². The highest BCUT2D eigenvalue weighted by Gasteiger charge is 2.31. The van der Waals surface area contributed by atoms with Gasteiger partial charge in [0.1, 0.15) is 11.9 Å². The predicted molar refractivity (Wildman–Crippen MR) is 131 cm³/mol. The van der Waals surface area contributed by atoms with Crippen LogP contribution < -0.4 is 5.32 Å². The number of aliphatic imine (C=N–C) groups is 1. The zero-order valence-electron chi connectivity index (χ0n) is 19.2. The lowest BCUT2D eigenvalue weighted by Crippen LogP contribution is -2.55. The van der Waals surface area contributed by atoms with Crippen molar-refractivity contribution in [1.82, 2.24) is 25.2 Å². The second-order valence-electron chi connectivity index (χ2n) is 9.01. The van der Waals surface area contributed by atoms with Gasteiger partial charge in [-0.05, 0) is 40.0 Å². The van der Waals surface area contributed by atoms with E-state index in [2.05, 4.69) is 25.3 Å². The maximum Gasteiger partial charge on any atom is 0.410 e. The molecule has 2 aliphatic rings. The zero-order chi connectivity index (χ0) is 21.6. The number of piperidine rings is 1. The molecular weight excluding hydrogens is 511 g/mol. The van der Waals surface area contributed by atoms with Gasteiger partial charge < -0.3 is 24.4 Å². The van der Waals surface area contributed by atoms with Crippen LogP contribution in [0, 0.1) is 0 Å². The number of likely N-dealkylation sites (tertiary alicyclic amines) is 1. The molecule has 2 aliphatic heterocycles. The molecule has 3 heterocycles. The van der Waals surface area contributed by atoms with E-state index in [1.807, 2.05) is 38.8 Å². The topological polar surface area (TPSA) is 86.4 Å². The van der Waals surface area contributed by atoms with Gasteiger partial charge in [0, 0.05) is 58.9 Å². The highest BCUT2D eigenvalue weighted by Crippen LogP contribution is 2.20. The lowest BCUT2D eigenvalue weighted by atomic mass is 10.0. The smallest absolute Gasteiger partial charge is 0.410 e. The molecule has 9 nitrogen and oxygen atoms in total. The summed E-state index contributed by atoms with van der Waals surface area (Å²) in [6.07, 6.45) is 4.53. The first kappa shape index (κ1) is 25.7. The largest absolute Gasteiger partial charge is 0.444 e. The Hall–Kier alpha value is -1.56. The van der Waals surface area contributed by atoms with Gasteiger partial charge in [0.15, 0.2) is 5.96 Å². The number of aromatic nitrogens is 1. The molecule has 0 aromatic carbocycles. The summed E-state index contributed by atoms with van der Waals surface area (Å²) >= 11 is 0. The van der Waals surface area contributed by atoms with Crippen molar-refractivity contribution in [1.29, 1.82) is 0 Å². The first-order valence-electron chi connectivity index (χ1n) is 10.9. The first-order valence-corrected chi connectivity index (χ1v) is 10.9. The molecule has 0 bridgehead atoms. The Kier molecular flexibility index (Phi) is 9.86. The SMILES string of the molecule is CN=C(NCC1CCCCN1C(=O)OC(C)(C)C)N1CCN(Cc2ccon2)CC1.I. The second kappa shape index (κ2) is 11.9. The van der Waals surface area contributed by atoms with Crippen LogP contribution in [-0.4, -0.2) is 89.9 Å². The molecule has 176 valence electrons. The molecular formula is C21H37IN6O3. The Bertz CT molecular complexity index is 698. The third-order valence-electron chi connectivity index (χ3n) is 5.51. The summed E-state index contributed by atoms with van der Waals surface area (Å²) in [7, 11) is 1.82. The van der Waals surface area contributed by atoms with Crippen molar-refractivity contribution in [3.63, 3.8) is 0 Å². The molecule has 1 aromatic heterocycles. The predicted octanol–water partition coefficient (Wildman–Crippen LogP) is 2.78. The molecule has 2 saturated heterocycles. The molecule has 0 spiro atoms. The van der Waals surface area contributed by atoms with E-state index in [0.717, 1.165) is 70.2 Å². The summed E-state index contributed by atoms with van der Waals surface area (Å²) < 4.78 is 10.5. The zero-order valence-corrected chi connectivity index (χ0v) is 21.5. The van der Waals surface area contributed by atoms with Gasteiger partial charge in [0.2, 0.25) is 0 Å². The van der Waals surface area contributed by atoms with Gasteiger partial charge in [0.25, 0.3) is 0 Å². The number of amides is 1. The van der Waals surface area contributed by atoms with Crippen LogP contribution >= 0.6 is 24.0 Å². The van der Waals surface area contributed by atoms with Crippen LogP contribution in [0.2, 0.25) is 0 Å². The number of nitrogens with zero attached hydrogens (tertiary/aromatic N) is 5. The molecule has 1 N–H and O–H groups in total. The van der Waals surface area contributed by atoms with Gasteiger partial charge in [0.05, 0.1) is 11.7 Å². The van der Waals surface area contributed by atoms with E-state index in [0.29, 0.717) is 6.54 Å². The number of hydrogen-bond acceptors (Lipinski definition) is 6. The fraction of sp³-hybridized carbons (Fsp3) is 0.762. The number of piperazine rings is 1. The lowest BCUT2D eigenvalue weighted by Gasteiger charge is -2.39. The Morgan fingerprint density at radius 1 is 1.26 bits per heavy atom. The van der Waals surface area contributed by atoms with Crippen LogP contribution in [-0.2, 0) is 11.3 Å². The Morgan fingerprint density at radius 3 is 2.61 bits per heavy atom. The number of guanidine groups is 1. The normalized spacial score (nSPS) is 20.9. The van der Waals surface area contributed by atoms with E-state index in [4.69, 9.17) is 9.26 Å². The van der Waals surface area contributed by atoms with E-state index >= 15 is 0 Å². The standard InChI is InChI=1S/C21H36N6O3.HI/c1-21(2,3)30-20(28)27-9-6-5-7-18(27)15-23-19(22-4)26-12-10-25(11-13-26)16-17-8-14-29-24-17;/h8,14,18H,5-7,9-13,15-16H2,1-4H3,(H,22,23);1H. The van der Waals surface area contributed by atoms with Crippen LogP contribution in [0.15, 0.2) is 21.8 Å². The van der Waals surface area contributed by atoms with Gasteiger partial charge >= 0.3 is 6.09 Å². The molecule has 1 unspecified atom stereocenters. The molecule has 3 rings (SSSR count). The van der Waals surface area contributed by atoms with Crippen LogP contribution in [0.4, 0.5) is 4.79 Å². The minimum Gasteiger partial charge on any atom is -0.444 e. The van der Waals surface area contributed by atoms with Crippen LogP contribution in [0.1, 0.15) is 45.7 Å². The van der Waals surface area contributed by atoms with Crippen molar-refractivity contribution in [3.8, 4) is 0 Å². The van der Waals surface area contributed by atoms with E-state index in [-0.39, 0.29) is 36.1 Å². The number of halogens is 1. The summed E-state index contributed by atoms with van der Waals surface area (Å²) in [6, 6.07) is 2.03. The number of rotatable bonds is 4.